The highest BCUT2D eigenvalue weighted by atomic mass is 79.9. The molecule has 6 heteroatoms. The van der Waals surface area contributed by atoms with E-state index in [4.69, 9.17) is 5.73 Å². The molecule has 2 rings (SSSR count). The molecule has 0 spiro atoms. The van der Waals surface area contributed by atoms with E-state index in [0.717, 1.165) is 41.0 Å². The molecule has 20 heavy (non-hydrogen) atoms. The van der Waals surface area contributed by atoms with Crippen LogP contribution in [0.2, 0.25) is 0 Å². The van der Waals surface area contributed by atoms with Crippen molar-refractivity contribution in [1.29, 1.82) is 0 Å². The molecule has 0 aliphatic carbocycles. The van der Waals surface area contributed by atoms with E-state index in [1.54, 1.807) is 6.20 Å². The highest BCUT2D eigenvalue weighted by molar-refractivity contribution is 9.10. The predicted octanol–water partition coefficient (Wildman–Crippen LogP) is 2.17. The van der Waals surface area contributed by atoms with Gasteiger partial charge in [-0.3, -0.25) is 0 Å². The summed E-state index contributed by atoms with van der Waals surface area (Å²) in [6.07, 6.45) is 2.86. The van der Waals surface area contributed by atoms with Gasteiger partial charge < -0.3 is 15.2 Å². The van der Waals surface area contributed by atoms with Crippen LogP contribution in [0.15, 0.2) is 16.7 Å². The number of hydrogen-bond acceptors (Lipinski definition) is 4. The number of pyridine rings is 1. The van der Waals surface area contributed by atoms with Crippen LogP contribution >= 0.6 is 15.9 Å². The molecule has 0 unspecified atom stereocenters. The predicted molar refractivity (Wildman–Crippen MR) is 85.7 cm³/mol. The van der Waals surface area contributed by atoms with Crippen molar-refractivity contribution in [2.75, 3.05) is 20.1 Å². The number of rotatable bonds is 6. The van der Waals surface area contributed by atoms with Crippen molar-refractivity contribution in [3.05, 3.63) is 22.6 Å². The van der Waals surface area contributed by atoms with Gasteiger partial charge in [0.25, 0.3) is 0 Å². The number of nitrogens with two attached hydrogens (primary N) is 1. The zero-order valence-electron chi connectivity index (χ0n) is 12.3. The minimum Gasteiger partial charge on any atom is -0.329 e. The van der Waals surface area contributed by atoms with Gasteiger partial charge in [0.1, 0.15) is 5.82 Å². The van der Waals surface area contributed by atoms with E-state index in [-0.39, 0.29) is 0 Å². The number of imidazole rings is 1. The van der Waals surface area contributed by atoms with E-state index < -0.39 is 0 Å². The van der Waals surface area contributed by atoms with Gasteiger partial charge in [0.05, 0.1) is 5.52 Å². The summed E-state index contributed by atoms with van der Waals surface area (Å²) in [5, 5.41) is 0. The molecule has 0 saturated carbocycles. The minimum atomic E-state index is 0.423. The minimum absolute atomic E-state index is 0.423. The first-order chi connectivity index (χ1) is 9.52. The molecular formula is C14H22BrN5. The number of fused-ring (bicyclic) bond motifs is 1. The lowest BCUT2D eigenvalue weighted by atomic mass is 10.2. The van der Waals surface area contributed by atoms with Crippen molar-refractivity contribution < 1.29 is 0 Å². The lowest BCUT2D eigenvalue weighted by Gasteiger charge is -2.23. The van der Waals surface area contributed by atoms with Gasteiger partial charge in [-0.2, -0.15) is 0 Å². The molecular weight excluding hydrogens is 318 g/mol. The number of likely N-dealkylation sites (N-methyl/N-ethyl adjacent to an activating group) is 1. The summed E-state index contributed by atoms with van der Waals surface area (Å²) < 4.78 is 3.22. The second-order valence-electron chi connectivity index (χ2n) is 5.23. The Morgan fingerprint density at radius 2 is 2.25 bits per heavy atom. The fourth-order valence-electron chi connectivity index (χ4n) is 2.25. The van der Waals surface area contributed by atoms with Crippen molar-refractivity contribution in [1.82, 2.24) is 19.4 Å². The zero-order chi connectivity index (χ0) is 14.7. The quantitative estimate of drug-likeness (QED) is 0.876. The van der Waals surface area contributed by atoms with Gasteiger partial charge in [0.15, 0.2) is 5.65 Å². The summed E-state index contributed by atoms with van der Waals surface area (Å²) >= 11 is 3.47. The Labute approximate surface area is 128 Å². The molecule has 0 aliphatic heterocycles. The van der Waals surface area contributed by atoms with Crippen LogP contribution in [0.4, 0.5) is 0 Å². The highest BCUT2D eigenvalue weighted by Crippen LogP contribution is 2.19. The van der Waals surface area contributed by atoms with Crippen LogP contribution in [0.25, 0.3) is 11.2 Å². The second-order valence-corrected chi connectivity index (χ2v) is 6.14. The summed E-state index contributed by atoms with van der Waals surface area (Å²) in [5.41, 5.74) is 7.59. The Balaban J connectivity index is 2.06. The van der Waals surface area contributed by atoms with Crippen molar-refractivity contribution in [3.63, 3.8) is 0 Å². The summed E-state index contributed by atoms with van der Waals surface area (Å²) in [6, 6.07) is 2.50. The average Bonchev–Trinajstić information content (AvgIpc) is 2.73. The second kappa shape index (κ2) is 6.65. The molecule has 2 aromatic heterocycles. The number of hydrogen-bond donors (Lipinski definition) is 1. The van der Waals surface area contributed by atoms with Gasteiger partial charge in [-0.05, 0) is 55.9 Å². The fourth-order valence-corrected chi connectivity index (χ4v) is 2.57. The van der Waals surface area contributed by atoms with E-state index in [9.17, 15) is 0 Å². The lowest BCUT2D eigenvalue weighted by molar-refractivity contribution is 0.255. The van der Waals surface area contributed by atoms with Crippen LogP contribution in [0.3, 0.4) is 0 Å². The molecule has 1 atom stereocenters. The third-order valence-corrected chi connectivity index (χ3v) is 4.18. The smallest absolute Gasteiger partial charge is 0.177 e. The molecule has 0 bridgehead atoms. The molecule has 2 N–H and O–H groups in total. The Kier molecular flexibility index (Phi) is 5.12. The number of nitrogens with zero attached hydrogens (tertiary/aromatic N) is 4. The van der Waals surface area contributed by atoms with Gasteiger partial charge in [-0.15, -0.1) is 0 Å². The Morgan fingerprint density at radius 3 is 2.95 bits per heavy atom. The summed E-state index contributed by atoms with van der Waals surface area (Å²) in [7, 11) is 2.12. The molecule has 0 amide bonds. The third-order valence-electron chi connectivity index (χ3n) is 3.75. The van der Waals surface area contributed by atoms with Gasteiger partial charge >= 0.3 is 0 Å². The van der Waals surface area contributed by atoms with E-state index >= 15 is 0 Å². The van der Waals surface area contributed by atoms with Crippen LogP contribution in [-0.4, -0.2) is 45.6 Å². The number of aryl methyl sites for hydroxylation is 2. The zero-order valence-corrected chi connectivity index (χ0v) is 13.9. The molecule has 0 fully saturated rings. The van der Waals surface area contributed by atoms with Crippen LogP contribution < -0.4 is 5.73 Å². The molecule has 110 valence electrons. The largest absolute Gasteiger partial charge is 0.329 e. The molecule has 2 aromatic rings. The topological polar surface area (TPSA) is 60.0 Å². The van der Waals surface area contributed by atoms with Crippen LogP contribution in [-0.2, 0) is 6.54 Å². The first kappa shape index (κ1) is 15.4. The van der Waals surface area contributed by atoms with E-state index in [1.165, 1.54) is 0 Å². The number of aromatic nitrogens is 3. The van der Waals surface area contributed by atoms with Gasteiger partial charge in [-0.1, -0.05) is 0 Å². The van der Waals surface area contributed by atoms with Crippen LogP contribution in [0.1, 0.15) is 19.2 Å². The molecule has 0 aliphatic rings. The first-order valence-electron chi connectivity index (χ1n) is 6.91. The van der Waals surface area contributed by atoms with Gasteiger partial charge in [-0.25, -0.2) is 9.97 Å². The Morgan fingerprint density at radius 1 is 1.50 bits per heavy atom. The maximum atomic E-state index is 5.68. The molecule has 5 nitrogen and oxygen atoms in total. The molecule has 0 aromatic carbocycles. The lowest BCUT2D eigenvalue weighted by Crippen LogP contribution is -2.36. The summed E-state index contributed by atoms with van der Waals surface area (Å²) in [5.74, 6) is 1.01. The average molecular weight is 340 g/mol. The van der Waals surface area contributed by atoms with E-state index in [0.29, 0.717) is 12.6 Å². The highest BCUT2D eigenvalue weighted by Gasteiger charge is 2.10. The third kappa shape index (κ3) is 3.37. The molecule has 0 saturated heterocycles. The fraction of sp³-hybridized carbons (Fsp3) is 0.571. The SMILES string of the molecule is Cc1nc2ncc(Br)cc2n1CCCN(C)[C@H](C)CN. The summed E-state index contributed by atoms with van der Waals surface area (Å²) in [6.45, 7) is 6.85. The van der Waals surface area contributed by atoms with Crippen LogP contribution in [0.5, 0.6) is 0 Å². The normalized spacial score (nSPS) is 13.3. The maximum absolute atomic E-state index is 5.68. The van der Waals surface area contributed by atoms with Crippen molar-refractivity contribution in [2.45, 2.75) is 32.9 Å². The van der Waals surface area contributed by atoms with E-state index in [2.05, 4.69) is 55.4 Å². The summed E-state index contributed by atoms with van der Waals surface area (Å²) in [4.78, 5) is 11.1. The number of halogens is 1. The van der Waals surface area contributed by atoms with Crippen molar-refractivity contribution in [2.24, 2.45) is 5.73 Å². The molecule has 2 heterocycles. The van der Waals surface area contributed by atoms with Gasteiger partial charge in [0, 0.05) is 29.8 Å². The van der Waals surface area contributed by atoms with Crippen molar-refractivity contribution in [3.8, 4) is 0 Å². The van der Waals surface area contributed by atoms with Gasteiger partial charge in [0.2, 0.25) is 0 Å². The van der Waals surface area contributed by atoms with Crippen molar-refractivity contribution >= 4 is 27.1 Å². The Hall–Kier alpha value is -0.980. The molecule has 0 radical (unpaired) electrons. The maximum Gasteiger partial charge on any atom is 0.177 e. The van der Waals surface area contributed by atoms with Crippen LogP contribution in [0, 0.1) is 6.92 Å². The first-order valence-corrected chi connectivity index (χ1v) is 7.71. The van der Waals surface area contributed by atoms with E-state index in [1.807, 2.05) is 6.92 Å². The Bertz CT molecular complexity index is 580. The monoisotopic (exact) mass is 339 g/mol. The standard InChI is InChI=1S/C14H22BrN5/c1-10(8-16)19(3)5-4-6-20-11(2)18-14-13(20)7-12(15)9-17-14/h7,9-10H,4-6,8,16H2,1-3H3/t10-/m1/s1.